The summed E-state index contributed by atoms with van der Waals surface area (Å²) in [6.45, 7) is 1.46. The van der Waals surface area contributed by atoms with E-state index in [1.807, 2.05) is 6.07 Å². The second kappa shape index (κ2) is 7.48. The van der Waals surface area contributed by atoms with Gasteiger partial charge in [-0.05, 0) is 43.3 Å². The molecule has 138 valence electrons. The standard InChI is InChI=1S/C20H19N3O4/c1-14-11-20(25,16-5-9-17(26-2)10-6-16)23(22-14)19(24)13-27-18-7-3-15(12-21)4-8-18/h3-10,25H,11,13H2,1-2H3/t20-/m1/s1. The van der Waals surface area contributed by atoms with Gasteiger partial charge in [-0.3, -0.25) is 4.79 Å². The molecule has 3 rings (SSSR count). The summed E-state index contributed by atoms with van der Waals surface area (Å²) in [5.74, 6) is 0.629. The molecule has 0 saturated heterocycles. The highest BCUT2D eigenvalue weighted by molar-refractivity contribution is 5.89. The fraction of sp³-hybridized carbons (Fsp3) is 0.250. The molecule has 2 aromatic rings. The number of benzene rings is 2. The number of hydrogen-bond acceptors (Lipinski definition) is 6. The van der Waals surface area contributed by atoms with Crippen molar-refractivity contribution < 1.29 is 19.4 Å². The highest BCUT2D eigenvalue weighted by atomic mass is 16.5. The summed E-state index contributed by atoms with van der Waals surface area (Å²) in [5, 5.41) is 25.2. The number of amides is 1. The maximum Gasteiger partial charge on any atom is 0.283 e. The first-order valence-corrected chi connectivity index (χ1v) is 8.33. The number of hydrazone groups is 1. The SMILES string of the molecule is COc1ccc([C@]2(O)CC(C)=NN2C(=O)COc2ccc(C#N)cc2)cc1. The lowest BCUT2D eigenvalue weighted by atomic mass is 9.97. The Balaban J connectivity index is 1.75. The van der Waals surface area contributed by atoms with Gasteiger partial charge in [-0.2, -0.15) is 15.4 Å². The van der Waals surface area contributed by atoms with Gasteiger partial charge in [-0.25, -0.2) is 0 Å². The molecule has 1 atom stereocenters. The number of rotatable bonds is 5. The molecule has 0 spiro atoms. The molecular weight excluding hydrogens is 346 g/mol. The Kier molecular flexibility index (Phi) is 5.10. The van der Waals surface area contributed by atoms with Crippen molar-refractivity contribution in [1.29, 1.82) is 5.26 Å². The van der Waals surface area contributed by atoms with Gasteiger partial charge in [0.15, 0.2) is 12.3 Å². The maximum atomic E-state index is 12.7. The van der Waals surface area contributed by atoms with Gasteiger partial charge in [-0.15, -0.1) is 0 Å². The van der Waals surface area contributed by atoms with Crippen molar-refractivity contribution in [2.45, 2.75) is 19.1 Å². The quantitative estimate of drug-likeness (QED) is 0.878. The molecule has 1 aliphatic rings. The number of ether oxygens (including phenoxy) is 2. The Hall–Kier alpha value is -3.37. The van der Waals surface area contributed by atoms with Crippen LogP contribution in [0, 0.1) is 11.3 Å². The van der Waals surface area contributed by atoms with E-state index in [4.69, 9.17) is 14.7 Å². The monoisotopic (exact) mass is 365 g/mol. The lowest BCUT2D eigenvalue weighted by Crippen LogP contribution is -2.45. The van der Waals surface area contributed by atoms with Crippen molar-refractivity contribution in [1.82, 2.24) is 5.01 Å². The van der Waals surface area contributed by atoms with Crippen LogP contribution in [0.4, 0.5) is 0 Å². The van der Waals surface area contributed by atoms with Gasteiger partial charge in [0.05, 0.1) is 18.7 Å². The second-order valence-corrected chi connectivity index (χ2v) is 6.19. The number of nitriles is 1. The van der Waals surface area contributed by atoms with Crippen LogP contribution in [-0.2, 0) is 10.5 Å². The number of nitrogens with zero attached hydrogens (tertiary/aromatic N) is 3. The Morgan fingerprint density at radius 1 is 1.22 bits per heavy atom. The molecule has 0 radical (unpaired) electrons. The van der Waals surface area contributed by atoms with Gasteiger partial charge < -0.3 is 14.6 Å². The first kappa shape index (κ1) is 18.4. The predicted molar refractivity (Wildman–Crippen MR) is 98.1 cm³/mol. The molecule has 0 fully saturated rings. The van der Waals surface area contributed by atoms with Gasteiger partial charge in [0.2, 0.25) is 0 Å². The van der Waals surface area contributed by atoms with Crippen molar-refractivity contribution in [3.8, 4) is 17.6 Å². The molecule has 1 amide bonds. The zero-order valence-corrected chi connectivity index (χ0v) is 15.0. The van der Waals surface area contributed by atoms with Crippen molar-refractivity contribution >= 4 is 11.6 Å². The van der Waals surface area contributed by atoms with Crippen molar-refractivity contribution in [2.24, 2.45) is 5.10 Å². The van der Waals surface area contributed by atoms with Crippen LogP contribution in [-0.4, -0.2) is 35.5 Å². The summed E-state index contributed by atoms with van der Waals surface area (Å²) in [4.78, 5) is 12.7. The predicted octanol–water partition coefficient (Wildman–Crippen LogP) is 2.40. The van der Waals surface area contributed by atoms with Crippen LogP contribution < -0.4 is 9.47 Å². The normalized spacial score (nSPS) is 18.6. The van der Waals surface area contributed by atoms with Crippen LogP contribution >= 0.6 is 0 Å². The summed E-state index contributed by atoms with van der Waals surface area (Å²) >= 11 is 0. The minimum atomic E-state index is -1.57. The molecule has 7 nitrogen and oxygen atoms in total. The van der Waals surface area contributed by atoms with E-state index in [-0.39, 0.29) is 13.0 Å². The van der Waals surface area contributed by atoms with Crippen molar-refractivity contribution in [3.05, 3.63) is 59.7 Å². The fourth-order valence-electron chi connectivity index (χ4n) is 2.90. The van der Waals surface area contributed by atoms with Gasteiger partial charge in [0.25, 0.3) is 5.91 Å². The van der Waals surface area contributed by atoms with Crippen LogP contribution in [0.5, 0.6) is 11.5 Å². The van der Waals surface area contributed by atoms with E-state index < -0.39 is 11.6 Å². The summed E-state index contributed by atoms with van der Waals surface area (Å²) in [5.41, 5.74) is 0.111. The maximum absolute atomic E-state index is 12.7. The van der Waals surface area contributed by atoms with E-state index in [1.54, 1.807) is 62.6 Å². The molecule has 0 aromatic heterocycles. The van der Waals surface area contributed by atoms with Gasteiger partial charge in [0.1, 0.15) is 11.5 Å². The molecule has 7 heteroatoms. The number of carbonyl (C=O) groups is 1. The first-order valence-electron chi connectivity index (χ1n) is 8.33. The minimum Gasteiger partial charge on any atom is -0.497 e. The van der Waals surface area contributed by atoms with Crippen LogP contribution in [0.25, 0.3) is 0 Å². The zero-order chi connectivity index (χ0) is 19.4. The first-order chi connectivity index (χ1) is 13.0. The number of methoxy groups -OCH3 is 1. The zero-order valence-electron chi connectivity index (χ0n) is 15.0. The largest absolute Gasteiger partial charge is 0.497 e. The number of aliphatic hydroxyl groups is 1. The Morgan fingerprint density at radius 3 is 2.44 bits per heavy atom. The topological polar surface area (TPSA) is 95.2 Å². The third-order valence-corrected chi connectivity index (χ3v) is 4.26. The van der Waals surface area contributed by atoms with Gasteiger partial charge in [-0.1, -0.05) is 12.1 Å². The number of hydrogen-bond donors (Lipinski definition) is 1. The lowest BCUT2D eigenvalue weighted by molar-refractivity contribution is -0.159. The molecular formula is C20H19N3O4. The second-order valence-electron chi connectivity index (χ2n) is 6.19. The third kappa shape index (κ3) is 3.76. The summed E-state index contributed by atoms with van der Waals surface area (Å²) in [7, 11) is 1.56. The molecule has 0 bridgehead atoms. The molecule has 1 N–H and O–H groups in total. The van der Waals surface area contributed by atoms with E-state index >= 15 is 0 Å². The molecule has 2 aromatic carbocycles. The van der Waals surface area contributed by atoms with Crippen LogP contribution in [0.1, 0.15) is 24.5 Å². The van der Waals surface area contributed by atoms with Crippen molar-refractivity contribution in [2.75, 3.05) is 13.7 Å². The average Bonchev–Trinajstić information content (AvgIpc) is 3.02. The number of carbonyl (C=O) groups excluding carboxylic acids is 1. The van der Waals surface area contributed by atoms with Crippen LogP contribution in [0.3, 0.4) is 0 Å². The van der Waals surface area contributed by atoms with E-state index in [2.05, 4.69) is 5.10 Å². The minimum absolute atomic E-state index is 0.210. The van der Waals surface area contributed by atoms with Crippen molar-refractivity contribution in [3.63, 3.8) is 0 Å². The van der Waals surface area contributed by atoms with E-state index in [0.29, 0.717) is 28.3 Å². The highest BCUT2D eigenvalue weighted by Crippen LogP contribution is 2.36. The average molecular weight is 365 g/mol. The molecule has 1 aliphatic heterocycles. The summed E-state index contributed by atoms with van der Waals surface area (Å²) in [6.07, 6.45) is 0.210. The molecule has 27 heavy (non-hydrogen) atoms. The Labute approximate surface area is 157 Å². The lowest BCUT2D eigenvalue weighted by Gasteiger charge is -2.31. The van der Waals surface area contributed by atoms with E-state index in [0.717, 1.165) is 5.01 Å². The Bertz CT molecular complexity index is 900. The van der Waals surface area contributed by atoms with Gasteiger partial charge in [0, 0.05) is 17.7 Å². The van der Waals surface area contributed by atoms with E-state index in [1.165, 1.54) is 0 Å². The molecule has 0 saturated carbocycles. The molecule has 0 unspecified atom stereocenters. The fourth-order valence-corrected chi connectivity index (χ4v) is 2.90. The van der Waals surface area contributed by atoms with Gasteiger partial charge >= 0.3 is 0 Å². The third-order valence-electron chi connectivity index (χ3n) is 4.26. The van der Waals surface area contributed by atoms with E-state index in [9.17, 15) is 9.90 Å². The molecule has 0 aliphatic carbocycles. The Morgan fingerprint density at radius 2 is 1.85 bits per heavy atom. The van der Waals surface area contributed by atoms with Crippen LogP contribution in [0.15, 0.2) is 53.6 Å². The summed E-state index contributed by atoms with van der Waals surface area (Å²) in [6, 6.07) is 15.3. The summed E-state index contributed by atoms with van der Waals surface area (Å²) < 4.78 is 10.6. The highest BCUT2D eigenvalue weighted by Gasteiger charge is 2.44. The van der Waals surface area contributed by atoms with Crippen LogP contribution in [0.2, 0.25) is 0 Å². The molecule has 1 heterocycles. The smallest absolute Gasteiger partial charge is 0.283 e.